The first-order chi connectivity index (χ1) is 10.2. The van der Waals surface area contributed by atoms with Crippen LogP contribution in [0.2, 0.25) is 0 Å². The third kappa shape index (κ3) is 2.36. The average molecular weight is 285 g/mol. The molecule has 3 heterocycles. The van der Waals surface area contributed by atoms with Crippen LogP contribution in [0.4, 0.5) is 0 Å². The standard InChI is InChI=1S/C12H11N7O2/c1-18-7-14-5-9(18)11-10(12(20)21)16-17-19(11)6-8-4-13-2-3-15-8/h2-5,7H,6H2,1H3,(H,20,21). The van der Waals surface area contributed by atoms with E-state index in [1.54, 1.807) is 42.7 Å². The van der Waals surface area contributed by atoms with Crippen molar-refractivity contribution < 1.29 is 9.90 Å². The van der Waals surface area contributed by atoms with Gasteiger partial charge in [-0.05, 0) is 0 Å². The Morgan fingerprint density at radius 1 is 1.29 bits per heavy atom. The summed E-state index contributed by atoms with van der Waals surface area (Å²) in [5.41, 5.74) is 1.53. The Morgan fingerprint density at radius 2 is 2.14 bits per heavy atom. The van der Waals surface area contributed by atoms with E-state index < -0.39 is 5.97 Å². The highest BCUT2D eigenvalue weighted by atomic mass is 16.4. The first-order valence-corrected chi connectivity index (χ1v) is 6.05. The van der Waals surface area contributed by atoms with Crippen LogP contribution < -0.4 is 0 Å². The molecule has 0 aromatic carbocycles. The molecule has 1 N–H and O–H groups in total. The van der Waals surface area contributed by atoms with E-state index in [1.807, 2.05) is 0 Å². The Kier molecular flexibility index (Phi) is 3.14. The van der Waals surface area contributed by atoms with Gasteiger partial charge in [0.25, 0.3) is 0 Å². The fourth-order valence-electron chi connectivity index (χ4n) is 1.97. The number of aryl methyl sites for hydroxylation is 1. The van der Waals surface area contributed by atoms with Gasteiger partial charge in [-0.3, -0.25) is 9.97 Å². The summed E-state index contributed by atoms with van der Waals surface area (Å²) in [4.78, 5) is 23.4. The van der Waals surface area contributed by atoms with Crippen LogP contribution in [0, 0.1) is 0 Å². The molecule has 0 aliphatic heterocycles. The van der Waals surface area contributed by atoms with Gasteiger partial charge >= 0.3 is 5.97 Å². The van der Waals surface area contributed by atoms with E-state index in [0.717, 1.165) is 0 Å². The van der Waals surface area contributed by atoms with E-state index in [9.17, 15) is 9.90 Å². The molecule has 9 heteroatoms. The van der Waals surface area contributed by atoms with Gasteiger partial charge in [0.15, 0.2) is 5.69 Å². The van der Waals surface area contributed by atoms with Gasteiger partial charge in [-0.25, -0.2) is 14.5 Å². The lowest BCUT2D eigenvalue weighted by atomic mass is 10.2. The molecule has 9 nitrogen and oxygen atoms in total. The number of hydrogen-bond acceptors (Lipinski definition) is 6. The highest BCUT2D eigenvalue weighted by Crippen LogP contribution is 2.22. The second-order valence-corrected chi connectivity index (χ2v) is 4.34. The Labute approximate surface area is 118 Å². The van der Waals surface area contributed by atoms with E-state index in [4.69, 9.17) is 0 Å². The minimum Gasteiger partial charge on any atom is -0.476 e. The topological polar surface area (TPSA) is 112 Å². The minimum atomic E-state index is -1.14. The van der Waals surface area contributed by atoms with Crippen molar-refractivity contribution in [3.63, 3.8) is 0 Å². The van der Waals surface area contributed by atoms with Gasteiger partial charge in [-0.15, -0.1) is 5.10 Å². The van der Waals surface area contributed by atoms with Crippen molar-refractivity contribution in [3.05, 3.63) is 42.5 Å². The second-order valence-electron chi connectivity index (χ2n) is 4.34. The lowest BCUT2D eigenvalue weighted by Crippen LogP contribution is -2.09. The maximum absolute atomic E-state index is 11.3. The minimum absolute atomic E-state index is 0.123. The number of aromatic carboxylic acids is 1. The molecular weight excluding hydrogens is 274 g/mol. The Bertz CT molecular complexity index is 778. The molecule has 21 heavy (non-hydrogen) atoms. The summed E-state index contributed by atoms with van der Waals surface area (Å²) in [6, 6.07) is 0. The lowest BCUT2D eigenvalue weighted by Gasteiger charge is -2.07. The van der Waals surface area contributed by atoms with E-state index in [2.05, 4.69) is 25.3 Å². The van der Waals surface area contributed by atoms with Gasteiger partial charge in [0.1, 0.15) is 5.69 Å². The van der Waals surface area contributed by atoms with Crippen molar-refractivity contribution in [2.75, 3.05) is 0 Å². The molecule has 106 valence electrons. The number of carboxylic acids is 1. The van der Waals surface area contributed by atoms with Crippen molar-refractivity contribution in [1.29, 1.82) is 0 Å². The largest absolute Gasteiger partial charge is 0.476 e. The molecule has 0 saturated carbocycles. The van der Waals surface area contributed by atoms with Crippen LogP contribution in [0.15, 0.2) is 31.1 Å². The molecule has 3 rings (SSSR count). The third-order valence-corrected chi connectivity index (χ3v) is 2.93. The van der Waals surface area contributed by atoms with Gasteiger partial charge in [0, 0.05) is 19.4 Å². The van der Waals surface area contributed by atoms with Crippen LogP contribution >= 0.6 is 0 Å². The van der Waals surface area contributed by atoms with E-state index >= 15 is 0 Å². The van der Waals surface area contributed by atoms with Gasteiger partial charge in [-0.1, -0.05) is 5.21 Å². The van der Waals surface area contributed by atoms with E-state index in [-0.39, 0.29) is 12.2 Å². The molecular formula is C12H11N7O2. The first-order valence-electron chi connectivity index (χ1n) is 6.05. The van der Waals surface area contributed by atoms with Gasteiger partial charge in [-0.2, -0.15) is 0 Å². The van der Waals surface area contributed by atoms with Crippen LogP contribution in [0.1, 0.15) is 16.2 Å². The fraction of sp³-hybridized carbons (Fsp3) is 0.167. The number of imidazole rings is 1. The highest BCUT2D eigenvalue weighted by molar-refractivity contribution is 5.92. The monoisotopic (exact) mass is 285 g/mol. The predicted octanol–water partition coefficient (Wildman–Crippen LogP) is 0.215. The lowest BCUT2D eigenvalue weighted by molar-refractivity contribution is 0.0691. The van der Waals surface area contributed by atoms with E-state index in [1.165, 1.54) is 4.68 Å². The number of rotatable bonds is 4. The fourth-order valence-corrected chi connectivity index (χ4v) is 1.97. The van der Waals surface area contributed by atoms with Crippen LogP contribution in [-0.4, -0.2) is 45.6 Å². The molecule has 0 aliphatic carbocycles. The SMILES string of the molecule is Cn1cncc1-c1c(C(=O)O)nnn1Cc1cnccn1. The first kappa shape index (κ1) is 12.9. The molecule has 0 unspecified atom stereocenters. The molecule has 0 atom stereocenters. The summed E-state index contributed by atoms with van der Waals surface area (Å²) in [7, 11) is 1.77. The maximum atomic E-state index is 11.3. The van der Waals surface area contributed by atoms with Gasteiger partial charge in [0.05, 0.1) is 36.7 Å². The van der Waals surface area contributed by atoms with Gasteiger partial charge < -0.3 is 9.67 Å². The molecule has 0 radical (unpaired) electrons. The Balaban J connectivity index is 2.10. The summed E-state index contributed by atoms with van der Waals surface area (Å²) in [5.74, 6) is -1.14. The molecule has 0 saturated heterocycles. The zero-order valence-corrected chi connectivity index (χ0v) is 11.1. The van der Waals surface area contributed by atoms with Crippen LogP contribution in [0.3, 0.4) is 0 Å². The van der Waals surface area contributed by atoms with E-state index in [0.29, 0.717) is 17.1 Å². The number of aromatic nitrogens is 7. The highest BCUT2D eigenvalue weighted by Gasteiger charge is 2.22. The summed E-state index contributed by atoms with van der Waals surface area (Å²) in [6.45, 7) is 0.272. The van der Waals surface area contributed by atoms with Crippen LogP contribution in [0.5, 0.6) is 0 Å². The van der Waals surface area contributed by atoms with Crippen molar-refractivity contribution in [2.24, 2.45) is 7.05 Å². The van der Waals surface area contributed by atoms with Crippen molar-refractivity contribution in [3.8, 4) is 11.4 Å². The number of carboxylic acid groups (broad SMARTS) is 1. The van der Waals surface area contributed by atoms with Crippen molar-refractivity contribution in [2.45, 2.75) is 6.54 Å². The second kappa shape index (κ2) is 5.12. The zero-order chi connectivity index (χ0) is 14.8. The smallest absolute Gasteiger partial charge is 0.358 e. The molecule has 0 bridgehead atoms. The van der Waals surface area contributed by atoms with Crippen LogP contribution in [0.25, 0.3) is 11.4 Å². The summed E-state index contributed by atoms with van der Waals surface area (Å²) in [6.07, 6.45) is 7.87. The number of hydrogen-bond donors (Lipinski definition) is 1. The normalized spacial score (nSPS) is 10.7. The molecule has 0 amide bonds. The van der Waals surface area contributed by atoms with Crippen molar-refractivity contribution >= 4 is 5.97 Å². The maximum Gasteiger partial charge on any atom is 0.358 e. The molecule has 0 spiro atoms. The predicted molar refractivity (Wildman–Crippen MR) is 70.3 cm³/mol. The number of carbonyl (C=O) groups is 1. The Hall–Kier alpha value is -3.10. The van der Waals surface area contributed by atoms with Crippen molar-refractivity contribution in [1.82, 2.24) is 34.5 Å². The molecule has 0 aliphatic rings. The number of nitrogens with zero attached hydrogens (tertiary/aromatic N) is 7. The third-order valence-electron chi connectivity index (χ3n) is 2.93. The van der Waals surface area contributed by atoms with Gasteiger partial charge in [0.2, 0.25) is 0 Å². The molecule has 3 aromatic heterocycles. The average Bonchev–Trinajstić information content (AvgIpc) is 3.06. The molecule has 0 fully saturated rings. The Morgan fingerprint density at radius 3 is 2.76 bits per heavy atom. The molecule has 3 aromatic rings. The summed E-state index contributed by atoms with van der Waals surface area (Å²) < 4.78 is 3.18. The summed E-state index contributed by atoms with van der Waals surface area (Å²) in [5, 5.41) is 16.9. The van der Waals surface area contributed by atoms with Crippen LogP contribution in [-0.2, 0) is 13.6 Å². The zero-order valence-electron chi connectivity index (χ0n) is 11.1. The quantitative estimate of drug-likeness (QED) is 0.729. The summed E-state index contributed by atoms with van der Waals surface area (Å²) >= 11 is 0.